The fourth-order valence-electron chi connectivity index (χ4n) is 18.1. The molecule has 606 valence electrons. The summed E-state index contributed by atoms with van der Waals surface area (Å²) in [6.07, 6.45) is 12.0. The van der Waals surface area contributed by atoms with Gasteiger partial charge in [-0.05, 0) is 166 Å². The van der Waals surface area contributed by atoms with Gasteiger partial charge in [-0.15, -0.1) is 0 Å². The first-order valence-electron chi connectivity index (χ1n) is 38.7. The van der Waals surface area contributed by atoms with E-state index in [4.69, 9.17) is 25.3 Å². The number of carboxylic acids is 2. The van der Waals surface area contributed by atoms with Crippen LogP contribution in [0.15, 0.2) is 91.1 Å². The van der Waals surface area contributed by atoms with Gasteiger partial charge in [0.1, 0.15) is 24.2 Å². The number of aliphatic carboxylic acids is 1. The smallest absolute Gasteiger partial charge is 0.355 e. The molecule has 113 heavy (non-hydrogen) atoms. The molecule has 0 saturated heterocycles. The van der Waals surface area contributed by atoms with Crippen LogP contribution in [0.5, 0.6) is 5.75 Å². The number of aromatic nitrogens is 4. The molecule has 2 unspecified atom stereocenters. The predicted molar refractivity (Wildman–Crippen MR) is 423 cm³/mol. The van der Waals surface area contributed by atoms with Gasteiger partial charge < -0.3 is 56.1 Å². The topological polar surface area (TPSA) is 415 Å². The summed E-state index contributed by atoms with van der Waals surface area (Å²) in [7, 11) is -2.29. The number of hydrogen-bond donors (Lipinski definition) is 8. The second-order valence-corrected chi connectivity index (χ2v) is 34.8. The number of fused-ring (bicyclic) bond motifs is 2. The number of likely N-dealkylation sites (N-methyl/N-ethyl adjacent to an activating group) is 1. The predicted octanol–water partition coefficient (Wildman–Crippen LogP) is 8.32. The minimum Gasteiger partial charge on any atom is -0.491 e. The summed E-state index contributed by atoms with van der Waals surface area (Å²) in [5.74, 6) is -5.06. The van der Waals surface area contributed by atoms with Crippen LogP contribution in [0.25, 0.3) is 21.3 Å². The summed E-state index contributed by atoms with van der Waals surface area (Å²) in [5.41, 5.74) is 10.1. The maximum Gasteiger partial charge on any atom is 0.355 e. The number of carbonyl (C=O) groups is 10. The lowest BCUT2D eigenvalue weighted by molar-refractivity contribution is -0.248. The second kappa shape index (κ2) is 36.0. The number of ether oxygens (including phenoxy) is 2. The zero-order chi connectivity index (χ0) is 81.2. The van der Waals surface area contributed by atoms with Crippen LogP contribution < -0.4 is 36.6 Å². The van der Waals surface area contributed by atoms with Crippen LogP contribution in [0, 0.1) is 29.1 Å². The van der Waals surface area contributed by atoms with Gasteiger partial charge in [0.05, 0.1) is 53.4 Å². The molecule has 5 heterocycles. The number of ketones is 1. The van der Waals surface area contributed by atoms with E-state index in [1.807, 2.05) is 52.7 Å². The molecule has 0 radical (unpaired) electrons. The number of Topliss-reactive ketones (excluding diaryl/α,β-unsaturated/α-hetero) is 1. The lowest BCUT2D eigenvalue weighted by Crippen LogP contribution is -2.64. The number of primary amides is 1. The molecule has 30 nitrogen and oxygen atoms in total. The number of aryl methyl sites for hydroxylation is 1. The number of nitrogens with one attached hydrogen (secondary N) is 4. The van der Waals surface area contributed by atoms with E-state index in [1.165, 1.54) is 28.4 Å². The van der Waals surface area contributed by atoms with E-state index >= 15 is 0 Å². The second-order valence-electron chi connectivity index (χ2n) is 32.2. The number of urea groups is 1. The van der Waals surface area contributed by atoms with E-state index in [0.717, 1.165) is 59.4 Å². The zero-order valence-corrected chi connectivity index (χ0v) is 66.6. The number of thiazole rings is 1. The standard InChI is InChI=1S/C81H103N13O17S2/c1-51(2)71(88-66(96)16-8-7-11-32-93-68(98)27-28-69(93)99)74(103)85-60(14-12-31-83-76(82)106)62(95)41-54-19-17-53(18-20-54)21-26-67(97)91(34-30-70(100)101)36-38-110-63-24-22-57(73(102)89-77-86-61-13-9-10-15-64(61)112-77)59-43-92(33-29-55(59)63)65-25-23-56(72(87-65)75(104)105)58-42-84-94(52(58)3)50-80-45-78(4)44-79(5,46-80)48-81(47-78,49-80)111-39-35-90(6)37-40-113(107,108)109/h9-10,13,15,17-20,22-25,27-28,42,51,60,71H,7-8,11-12,14,16,21,26,29-41,43-50H2,1-6H3,(H,85,103)(H,88,96)(H,100,101)(H,104,105)(H3,82,83,106)(H,86,89,102)(H,107,108,109)/t60-,71-,78?,79?,80?,81?/m0/s1. The molecule has 6 aliphatic rings. The number of rotatable bonds is 41. The monoisotopic (exact) mass is 1590 g/mol. The fourth-order valence-corrected chi connectivity index (χ4v) is 19.5. The van der Waals surface area contributed by atoms with Gasteiger partial charge in [0.2, 0.25) is 17.7 Å². The Morgan fingerprint density at radius 1 is 0.770 bits per heavy atom. The van der Waals surface area contributed by atoms with Crippen molar-refractivity contribution >= 4 is 102 Å². The number of para-hydroxylation sites is 1. The van der Waals surface area contributed by atoms with Gasteiger partial charge in [-0.1, -0.05) is 81.9 Å². The number of nitrogens with two attached hydrogens (primary N) is 1. The summed E-state index contributed by atoms with van der Waals surface area (Å²) < 4.78 is 48.5. The largest absolute Gasteiger partial charge is 0.491 e. The van der Waals surface area contributed by atoms with Crippen LogP contribution in [-0.4, -0.2) is 206 Å². The normalized spacial score (nSPS) is 20.2. The molecule has 4 fully saturated rings. The summed E-state index contributed by atoms with van der Waals surface area (Å²) in [6, 6.07) is 18.7. The lowest BCUT2D eigenvalue weighted by atomic mass is 9.39. The molecule has 4 saturated carbocycles. The molecule has 0 spiro atoms. The highest BCUT2D eigenvalue weighted by Crippen LogP contribution is 2.72. The minimum atomic E-state index is -4.10. The molecular formula is C81H103N13O17S2. The van der Waals surface area contributed by atoms with Gasteiger partial charge in [-0.3, -0.25) is 57.8 Å². The van der Waals surface area contributed by atoms with E-state index in [0.29, 0.717) is 108 Å². The first-order chi connectivity index (χ1) is 53.7. The Morgan fingerprint density at radius 3 is 2.19 bits per heavy atom. The van der Waals surface area contributed by atoms with Crippen molar-refractivity contribution in [2.24, 2.45) is 27.9 Å². The molecule has 9 N–H and O–H groups in total. The number of pyridine rings is 1. The number of amides is 8. The number of benzene rings is 3. The number of carbonyl (C=O) groups excluding carboxylic acids is 8. The molecule has 2 aliphatic heterocycles. The van der Waals surface area contributed by atoms with Crippen LogP contribution >= 0.6 is 11.3 Å². The van der Waals surface area contributed by atoms with Crippen molar-refractivity contribution in [1.82, 2.24) is 50.4 Å². The quantitative estimate of drug-likeness (QED) is 0.0102. The van der Waals surface area contributed by atoms with Crippen molar-refractivity contribution in [2.45, 2.75) is 175 Å². The molecule has 4 aliphatic carbocycles. The first kappa shape index (κ1) is 83.9. The molecule has 4 bridgehead atoms. The minimum absolute atomic E-state index is 0.00217. The van der Waals surface area contributed by atoms with Crippen molar-refractivity contribution in [2.75, 3.05) is 82.0 Å². The molecule has 6 aromatic rings. The van der Waals surface area contributed by atoms with Gasteiger partial charge >= 0.3 is 18.0 Å². The van der Waals surface area contributed by atoms with Crippen molar-refractivity contribution in [1.29, 1.82) is 0 Å². The Balaban J connectivity index is 0.736. The number of unbranched alkanes of at least 4 members (excludes halogenated alkanes) is 2. The number of anilines is 2. The SMILES string of the molecule is Cc1c(-c2ccc(N3CCc4c(OCCN(CCC(=O)O)C(=O)CCc5ccc(CC(=O)[C@H](CCCNC(N)=O)NC(=O)[C@@H](NC(=O)CCCCCN6C(=O)C=CC6=O)C(C)C)cc5)ccc(C(=O)Nc5nc6ccccc6s5)c4C3)nc2C(=O)O)cnn1CC12CC3(C)CC(C)(C1)CC(OCCN(C)CCS(=O)(=O)O)(C3)C2. The number of hydrogen-bond acceptors (Lipinski definition) is 20. The summed E-state index contributed by atoms with van der Waals surface area (Å²) in [5, 5.41) is 37.2. The Kier molecular flexibility index (Phi) is 26.7. The fraction of sp³-hybridized carbons (Fsp3) is 0.519. The van der Waals surface area contributed by atoms with Crippen molar-refractivity contribution in [3.8, 4) is 16.9 Å². The van der Waals surface area contributed by atoms with Crippen LogP contribution in [0.4, 0.5) is 15.7 Å². The summed E-state index contributed by atoms with van der Waals surface area (Å²) >= 11 is 1.32. The van der Waals surface area contributed by atoms with Crippen LogP contribution in [0.3, 0.4) is 0 Å². The summed E-state index contributed by atoms with van der Waals surface area (Å²) in [6.45, 7) is 12.6. The average Bonchev–Trinajstić information content (AvgIpc) is 1.11. The van der Waals surface area contributed by atoms with E-state index in [1.54, 1.807) is 68.6 Å². The molecule has 4 atom stereocenters. The lowest BCUT2D eigenvalue weighted by Gasteiger charge is -2.69. The number of aromatic carboxylic acids is 1. The first-order valence-corrected chi connectivity index (χ1v) is 41.1. The van der Waals surface area contributed by atoms with Gasteiger partial charge in [-0.2, -0.15) is 13.5 Å². The molecule has 3 aromatic heterocycles. The zero-order valence-electron chi connectivity index (χ0n) is 64.9. The average molecular weight is 1590 g/mol. The van der Waals surface area contributed by atoms with Gasteiger partial charge in [-0.25, -0.2) is 19.6 Å². The third kappa shape index (κ3) is 21.7. The van der Waals surface area contributed by atoms with Crippen molar-refractivity contribution < 1.29 is 80.6 Å². The van der Waals surface area contributed by atoms with Gasteiger partial charge in [0, 0.05) is 112 Å². The highest BCUT2D eigenvalue weighted by molar-refractivity contribution is 7.85. The molecule has 8 amide bonds. The Morgan fingerprint density at radius 2 is 1.50 bits per heavy atom. The Hall–Kier alpha value is -10.0. The highest BCUT2D eigenvalue weighted by atomic mass is 32.2. The van der Waals surface area contributed by atoms with Gasteiger partial charge in [0.25, 0.3) is 27.8 Å². The van der Waals surface area contributed by atoms with E-state index in [2.05, 4.69) is 40.1 Å². The van der Waals surface area contributed by atoms with Crippen molar-refractivity contribution in [3.05, 3.63) is 130 Å². The van der Waals surface area contributed by atoms with E-state index in [9.17, 15) is 71.1 Å². The maximum absolute atomic E-state index is 14.5. The maximum atomic E-state index is 14.5. The Labute approximate surface area is 661 Å². The van der Waals surface area contributed by atoms with E-state index < -0.39 is 52.0 Å². The Bertz CT molecular complexity index is 4660. The number of nitrogens with zero attached hydrogens (tertiary/aromatic N) is 8. The highest BCUT2D eigenvalue weighted by Gasteiger charge is 2.66. The van der Waals surface area contributed by atoms with Gasteiger partial charge in [0.15, 0.2) is 16.6 Å². The van der Waals surface area contributed by atoms with Crippen LogP contribution in [0.1, 0.15) is 166 Å². The molecular weight excluding hydrogens is 1490 g/mol. The van der Waals surface area contributed by atoms with Crippen LogP contribution in [-0.2, 0) is 80.8 Å². The third-order valence-corrected chi connectivity index (χ3v) is 24.0. The van der Waals surface area contributed by atoms with Crippen molar-refractivity contribution in [3.63, 3.8) is 0 Å². The molecule has 32 heteroatoms. The summed E-state index contributed by atoms with van der Waals surface area (Å²) in [4.78, 5) is 146. The third-order valence-electron chi connectivity index (χ3n) is 22.4. The van der Waals surface area contributed by atoms with E-state index in [-0.39, 0.29) is 159 Å². The number of imide groups is 1. The van der Waals surface area contributed by atoms with Crippen LogP contribution in [0.2, 0.25) is 0 Å². The molecule has 12 rings (SSSR count). The molecule has 3 aromatic carbocycles. The number of carboxylic acid groups (broad SMARTS) is 2.